The summed E-state index contributed by atoms with van der Waals surface area (Å²) in [5.41, 5.74) is 0.565. The minimum atomic E-state index is -1.10. The SMILES string of the molecule is Cc1ncc(C(=O)O)c(Nc2ccc(Br)cc2Cl)n1. The number of carboxylic acids is 1. The number of benzene rings is 1. The highest BCUT2D eigenvalue weighted by Crippen LogP contribution is 2.28. The summed E-state index contributed by atoms with van der Waals surface area (Å²) in [4.78, 5) is 19.0. The molecule has 7 heteroatoms. The maximum absolute atomic E-state index is 11.1. The Morgan fingerprint density at radius 2 is 2.21 bits per heavy atom. The van der Waals surface area contributed by atoms with Crippen LogP contribution in [0.4, 0.5) is 11.5 Å². The van der Waals surface area contributed by atoms with Gasteiger partial charge < -0.3 is 10.4 Å². The summed E-state index contributed by atoms with van der Waals surface area (Å²) in [5.74, 6) is -0.416. The van der Waals surface area contributed by atoms with Gasteiger partial charge in [-0.25, -0.2) is 14.8 Å². The lowest BCUT2D eigenvalue weighted by molar-refractivity contribution is 0.0697. The number of aromatic carboxylic acids is 1. The normalized spacial score (nSPS) is 10.3. The topological polar surface area (TPSA) is 75.1 Å². The summed E-state index contributed by atoms with van der Waals surface area (Å²) >= 11 is 9.37. The largest absolute Gasteiger partial charge is 0.477 e. The van der Waals surface area contributed by atoms with Gasteiger partial charge in [0.2, 0.25) is 0 Å². The number of carbonyl (C=O) groups is 1. The number of halogens is 2. The summed E-state index contributed by atoms with van der Waals surface area (Å²) in [6.07, 6.45) is 1.26. The molecule has 0 amide bonds. The van der Waals surface area contributed by atoms with Crippen molar-refractivity contribution in [3.8, 4) is 0 Å². The Balaban J connectivity index is 2.42. The summed E-state index contributed by atoms with van der Waals surface area (Å²) < 4.78 is 0.834. The van der Waals surface area contributed by atoms with Crippen LogP contribution in [0, 0.1) is 6.92 Å². The zero-order chi connectivity index (χ0) is 14.0. The van der Waals surface area contributed by atoms with Gasteiger partial charge in [0.1, 0.15) is 17.2 Å². The number of hydrogen-bond donors (Lipinski definition) is 2. The molecule has 0 atom stereocenters. The molecule has 0 radical (unpaired) electrons. The van der Waals surface area contributed by atoms with Crippen LogP contribution in [0.25, 0.3) is 0 Å². The van der Waals surface area contributed by atoms with Gasteiger partial charge in [-0.1, -0.05) is 27.5 Å². The second-order valence-electron chi connectivity index (χ2n) is 3.73. The molecule has 0 fully saturated rings. The third-order valence-electron chi connectivity index (χ3n) is 2.32. The molecule has 1 heterocycles. The van der Waals surface area contributed by atoms with E-state index < -0.39 is 5.97 Å². The van der Waals surface area contributed by atoms with E-state index in [9.17, 15) is 4.79 Å². The van der Waals surface area contributed by atoms with Crippen molar-refractivity contribution < 1.29 is 9.90 Å². The molecule has 1 aromatic carbocycles. The zero-order valence-electron chi connectivity index (χ0n) is 9.82. The Bertz CT molecular complexity index is 649. The average Bonchev–Trinajstić information content (AvgIpc) is 2.32. The Morgan fingerprint density at radius 3 is 2.84 bits per heavy atom. The Hall–Kier alpha value is -1.66. The van der Waals surface area contributed by atoms with Crippen molar-refractivity contribution in [2.24, 2.45) is 0 Å². The monoisotopic (exact) mass is 341 g/mol. The van der Waals surface area contributed by atoms with Crippen molar-refractivity contribution in [1.82, 2.24) is 9.97 Å². The van der Waals surface area contributed by atoms with Gasteiger partial charge in [0.05, 0.1) is 10.7 Å². The van der Waals surface area contributed by atoms with Crippen molar-refractivity contribution in [3.05, 3.63) is 45.3 Å². The summed E-state index contributed by atoms with van der Waals surface area (Å²) in [5, 5.41) is 12.5. The minimum Gasteiger partial charge on any atom is -0.477 e. The van der Waals surface area contributed by atoms with Crippen LogP contribution in [0.15, 0.2) is 28.9 Å². The van der Waals surface area contributed by atoms with E-state index in [4.69, 9.17) is 16.7 Å². The van der Waals surface area contributed by atoms with Gasteiger partial charge in [-0.15, -0.1) is 0 Å². The van der Waals surface area contributed by atoms with Gasteiger partial charge in [-0.2, -0.15) is 0 Å². The van der Waals surface area contributed by atoms with Gasteiger partial charge in [0, 0.05) is 10.7 Å². The number of carboxylic acid groups (broad SMARTS) is 1. The van der Waals surface area contributed by atoms with Crippen LogP contribution in [-0.4, -0.2) is 21.0 Å². The molecule has 0 aliphatic heterocycles. The van der Waals surface area contributed by atoms with E-state index in [1.165, 1.54) is 6.20 Å². The highest BCUT2D eigenvalue weighted by molar-refractivity contribution is 9.10. The summed E-state index contributed by atoms with van der Waals surface area (Å²) in [6.45, 7) is 1.68. The fraction of sp³-hybridized carbons (Fsp3) is 0.0833. The number of aryl methyl sites for hydroxylation is 1. The molecular weight excluding hydrogens is 334 g/mol. The molecule has 5 nitrogen and oxygen atoms in total. The maximum atomic E-state index is 11.1. The average molecular weight is 343 g/mol. The molecule has 2 N–H and O–H groups in total. The second-order valence-corrected chi connectivity index (χ2v) is 5.06. The van der Waals surface area contributed by atoms with Crippen LogP contribution in [0.2, 0.25) is 5.02 Å². The molecule has 1 aromatic heterocycles. The first-order chi connectivity index (χ1) is 8.97. The minimum absolute atomic E-state index is 0.00964. The van der Waals surface area contributed by atoms with E-state index in [-0.39, 0.29) is 11.4 Å². The van der Waals surface area contributed by atoms with Crippen LogP contribution >= 0.6 is 27.5 Å². The van der Waals surface area contributed by atoms with E-state index >= 15 is 0 Å². The molecule has 0 saturated carbocycles. The number of nitrogens with zero attached hydrogens (tertiary/aromatic N) is 2. The molecule has 98 valence electrons. The van der Waals surface area contributed by atoms with E-state index in [1.807, 2.05) is 0 Å². The Labute approximate surface area is 122 Å². The van der Waals surface area contributed by atoms with Crippen molar-refractivity contribution in [1.29, 1.82) is 0 Å². The first-order valence-electron chi connectivity index (χ1n) is 5.26. The standard InChI is InChI=1S/C12H9BrClN3O2/c1-6-15-5-8(12(18)19)11(16-6)17-10-3-2-7(13)4-9(10)14/h2-5H,1H3,(H,18,19)(H,15,16,17). The molecule has 0 saturated heterocycles. The summed E-state index contributed by atoms with van der Waals surface area (Å²) in [7, 11) is 0. The first-order valence-corrected chi connectivity index (χ1v) is 6.43. The van der Waals surface area contributed by atoms with E-state index in [1.54, 1.807) is 25.1 Å². The molecule has 0 aliphatic carbocycles. The number of aromatic nitrogens is 2. The number of anilines is 2. The van der Waals surface area contributed by atoms with Crippen LogP contribution in [-0.2, 0) is 0 Å². The quantitative estimate of drug-likeness (QED) is 0.890. The van der Waals surface area contributed by atoms with Gasteiger partial charge >= 0.3 is 5.97 Å². The fourth-order valence-electron chi connectivity index (χ4n) is 1.44. The Kier molecular flexibility index (Phi) is 4.01. The molecule has 0 unspecified atom stereocenters. The molecular formula is C12H9BrClN3O2. The highest BCUT2D eigenvalue weighted by atomic mass is 79.9. The lowest BCUT2D eigenvalue weighted by atomic mass is 10.2. The van der Waals surface area contributed by atoms with E-state index in [0.717, 1.165) is 4.47 Å². The van der Waals surface area contributed by atoms with Crippen LogP contribution in [0.3, 0.4) is 0 Å². The van der Waals surface area contributed by atoms with Crippen LogP contribution < -0.4 is 5.32 Å². The third kappa shape index (κ3) is 3.21. The molecule has 2 rings (SSSR count). The van der Waals surface area contributed by atoms with E-state index in [0.29, 0.717) is 16.5 Å². The smallest absolute Gasteiger partial charge is 0.341 e. The van der Waals surface area contributed by atoms with Crippen molar-refractivity contribution >= 4 is 45.0 Å². The number of nitrogens with one attached hydrogen (secondary N) is 1. The third-order valence-corrected chi connectivity index (χ3v) is 3.13. The fourth-order valence-corrected chi connectivity index (χ4v) is 2.16. The number of hydrogen-bond acceptors (Lipinski definition) is 4. The van der Waals surface area contributed by atoms with Gasteiger partial charge in [-0.3, -0.25) is 0 Å². The van der Waals surface area contributed by atoms with Gasteiger partial charge in [0.25, 0.3) is 0 Å². The zero-order valence-corrected chi connectivity index (χ0v) is 12.2. The van der Waals surface area contributed by atoms with Crippen molar-refractivity contribution in [2.45, 2.75) is 6.92 Å². The van der Waals surface area contributed by atoms with Crippen LogP contribution in [0.5, 0.6) is 0 Å². The lowest BCUT2D eigenvalue weighted by Gasteiger charge is -2.10. The predicted octanol–water partition coefficient (Wildman–Crippen LogP) is 3.64. The van der Waals surface area contributed by atoms with Crippen LogP contribution in [0.1, 0.15) is 16.2 Å². The second kappa shape index (κ2) is 5.54. The molecule has 0 bridgehead atoms. The predicted molar refractivity (Wildman–Crippen MR) is 76.2 cm³/mol. The van der Waals surface area contributed by atoms with Crippen molar-refractivity contribution in [2.75, 3.05) is 5.32 Å². The maximum Gasteiger partial charge on any atom is 0.341 e. The molecule has 0 spiro atoms. The van der Waals surface area contributed by atoms with E-state index in [2.05, 4.69) is 31.2 Å². The molecule has 2 aromatic rings. The summed E-state index contributed by atoms with van der Waals surface area (Å²) in [6, 6.07) is 5.23. The van der Waals surface area contributed by atoms with Gasteiger partial charge in [0.15, 0.2) is 0 Å². The first kappa shape index (κ1) is 13.8. The molecule has 19 heavy (non-hydrogen) atoms. The Morgan fingerprint density at radius 1 is 1.47 bits per heavy atom. The lowest BCUT2D eigenvalue weighted by Crippen LogP contribution is -2.07. The number of rotatable bonds is 3. The van der Waals surface area contributed by atoms with Crippen molar-refractivity contribution in [3.63, 3.8) is 0 Å². The highest BCUT2D eigenvalue weighted by Gasteiger charge is 2.14. The molecule has 0 aliphatic rings. The van der Waals surface area contributed by atoms with Gasteiger partial charge in [-0.05, 0) is 25.1 Å².